The molecule has 1 saturated carbocycles. The molecule has 0 bridgehead atoms. The molecule has 0 aromatic heterocycles. The summed E-state index contributed by atoms with van der Waals surface area (Å²) in [6.07, 6.45) is 4.55. The lowest BCUT2D eigenvalue weighted by Gasteiger charge is -2.33. The van der Waals surface area contributed by atoms with Gasteiger partial charge in [0.2, 0.25) is 0 Å². The van der Waals surface area contributed by atoms with Crippen molar-refractivity contribution in [3.63, 3.8) is 0 Å². The van der Waals surface area contributed by atoms with Crippen molar-refractivity contribution in [2.45, 2.75) is 77.4 Å². The molecule has 0 spiro atoms. The van der Waals surface area contributed by atoms with Crippen LogP contribution in [-0.4, -0.2) is 32.0 Å². The highest BCUT2D eigenvalue weighted by atomic mass is 19.4. The summed E-state index contributed by atoms with van der Waals surface area (Å²) in [6.45, 7) is 4.45. The monoisotopic (exact) mass is 309 g/mol. The zero-order valence-corrected chi connectivity index (χ0v) is 13.4. The van der Waals surface area contributed by atoms with Gasteiger partial charge in [-0.15, -0.1) is 0 Å². The summed E-state index contributed by atoms with van der Waals surface area (Å²) in [7, 11) is 0. The number of ether oxygens (including phenoxy) is 1. The van der Waals surface area contributed by atoms with Crippen molar-refractivity contribution >= 4 is 0 Å². The molecule has 0 aromatic carbocycles. The molecule has 0 saturated heterocycles. The van der Waals surface area contributed by atoms with Crippen LogP contribution in [0.15, 0.2) is 0 Å². The number of rotatable bonds is 12. The maximum absolute atomic E-state index is 12.0. The number of alkyl halides is 3. The summed E-state index contributed by atoms with van der Waals surface area (Å²) in [5.41, 5.74) is 0.222. The Bertz CT molecular complexity index is 279. The SMILES string of the molecule is CCCCC(CC)(CCCOCC(F)(F)F)CNC1CC1. The molecular weight excluding hydrogens is 279 g/mol. The molecule has 1 rings (SSSR count). The molecule has 126 valence electrons. The Hall–Kier alpha value is -0.290. The molecule has 5 heteroatoms. The fourth-order valence-electron chi connectivity index (χ4n) is 2.72. The first-order chi connectivity index (χ1) is 9.91. The van der Waals surface area contributed by atoms with Crippen LogP contribution >= 0.6 is 0 Å². The highest BCUT2D eigenvalue weighted by Crippen LogP contribution is 2.35. The van der Waals surface area contributed by atoms with Crippen LogP contribution in [0.4, 0.5) is 13.2 Å². The van der Waals surface area contributed by atoms with Crippen LogP contribution in [0.2, 0.25) is 0 Å². The van der Waals surface area contributed by atoms with E-state index in [1.165, 1.54) is 19.3 Å². The summed E-state index contributed by atoms with van der Waals surface area (Å²) in [5, 5.41) is 3.60. The Balaban J connectivity index is 2.31. The lowest BCUT2D eigenvalue weighted by molar-refractivity contribution is -0.174. The van der Waals surface area contributed by atoms with Gasteiger partial charge in [-0.1, -0.05) is 26.7 Å². The first-order valence-electron chi connectivity index (χ1n) is 8.29. The molecular formula is C16H30F3NO. The van der Waals surface area contributed by atoms with Gasteiger partial charge in [-0.3, -0.25) is 0 Å². The molecule has 1 unspecified atom stereocenters. The van der Waals surface area contributed by atoms with Crippen molar-refractivity contribution in [2.75, 3.05) is 19.8 Å². The van der Waals surface area contributed by atoms with Crippen molar-refractivity contribution in [1.29, 1.82) is 0 Å². The quantitative estimate of drug-likeness (QED) is 0.528. The standard InChI is InChI=1S/C16H30F3NO/c1-3-5-9-15(4-2,12-20-14-7-8-14)10-6-11-21-13-16(17,18)19/h14,20H,3-13H2,1-2H3. The predicted molar refractivity (Wildman–Crippen MR) is 79.4 cm³/mol. The second-order valence-corrected chi connectivity index (χ2v) is 6.38. The Labute approximate surface area is 126 Å². The van der Waals surface area contributed by atoms with Crippen LogP contribution in [0.25, 0.3) is 0 Å². The topological polar surface area (TPSA) is 21.3 Å². The van der Waals surface area contributed by atoms with Crippen LogP contribution in [0.5, 0.6) is 0 Å². The van der Waals surface area contributed by atoms with Gasteiger partial charge in [0.15, 0.2) is 0 Å². The van der Waals surface area contributed by atoms with Crippen LogP contribution in [0.1, 0.15) is 65.2 Å². The van der Waals surface area contributed by atoms with E-state index in [0.29, 0.717) is 12.5 Å². The van der Waals surface area contributed by atoms with Gasteiger partial charge in [-0.05, 0) is 43.9 Å². The van der Waals surface area contributed by atoms with Gasteiger partial charge >= 0.3 is 6.18 Å². The van der Waals surface area contributed by atoms with E-state index in [1.807, 2.05) is 0 Å². The van der Waals surface area contributed by atoms with E-state index in [0.717, 1.165) is 32.2 Å². The number of nitrogens with one attached hydrogen (secondary N) is 1. The molecule has 1 aliphatic carbocycles. The van der Waals surface area contributed by atoms with Gasteiger partial charge in [-0.25, -0.2) is 0 Å². The summed E-state index contributed by atoms with van der Waals surface area (Å²) in [6, 6.07) is 0.680. The molecule has 21 heavy (non-hydrogen) atoms. The minimum Gasteiger partial charge on any atom is -0.372 e. The molecule has 1 N–H and O–H groups in total. The fraction of sp³-hybridized carbons (Fsp3) is 1.00. The van der Waals surface area contributed by atoms with Crippen LogP contribution in [-0.2, 0) is 4.74 Å². The van der Waals surface area contributed by atoms with Crippen molar-refractivity contribution < 1.29 is 17.9 Å². The van der Waals surface area contributed by atoms with Gasteiger partial charge in [0.25, 0.3) is 0 Å². The molecule has 1 fully saturated rings. The van der Waals surface area contributed by atoms with Crippen molar-refractivity contribution in [3.8, 4) is 0 Å². The first-order valence-corrected chi connectivity index (χ1v) is 8.29. The van der Waals surface area contributed by atoms with Gasteiger partial charge in [0.05, 0.1) is 0 Å². The van der Waals surface area contributed by atoms with Crippen LogP contribution < -0.4 is 5.32 Å². The average molecular weight is 309 g/mol. The van der Waals surface area contributed by atoms with E-state index >= 15 is 0 Å². The summed E-state index contributed by atoms with van der Waals surface area (Å²) in [5.74, 6) is 0. The second-order valence-electron chi connectivity index (χ2n) is 6.38. The molecule has 0 aliphatic heterocycles. The predicted octanol–water partition coefficient (Wildman–Crippen LogP) is 4.68. The average Bonchev–Trinajstić information content (AvgIpc) is 3.24. The van der Waals surface area contributed by atoms with E-state index in [-0.39, 0.29) is 12.0 Å². The normalized spacial score (nSPS) is 18.7. The van der Waals surface area contributed by atoms with E-state index in [4.69, 9.17) is 4.74 Å². The van der Waals surface area contributed by atoms with Crippen molar-refractivity contribution in [2.24, 2.45) is 5.41 Å². The zero-order chi connectivity index (χ0) is 15.8. The third kappa shape index (κ3) is 8.67. The summed E-state index contributed by atoms with van der Waals surface area (Å²) in [4.78, 5) is 0. The largest absolute Gasteiger partial charge is 0.411 e. The number of hydrogen-bond acceptors (Lipinski definition) is 2. The minimum absolute atomic E-state index is 0.205. The maximum atomic E-state index is 12.0. The molecule has 1 atom stereocenters. The summed E-state index contributed by atoms with van der Waals surface area (Å²) < 4.78 is 40.8. The zero-order valence-electron chi connectivity index (χ0n) is 13.4. The van der Waals surface area contributed by atoms with E-state index < -0.39 is 12.8 Å². The van der Waals surface area contributed by atoms with Gasteiger partial charge in [-0.2, -0.15) is 13.2 Å². The highest BCUT2D eigenvalue weighted by Gasteiger charge is 2.31. The minimum atomic E-state index is -4.21. The van der Waals surface area contributed by atoms with Crippen LogP contribution in [0, 0.1) is 5.41 Å². The molecule has 0 amide bonds. The van der Waals surface area contributed by atoms with Gasteiger partial charge in [0, 0.05) is 19.2 Å². The molecule has 2 nitrogen and oxygen atoms in total. The van der Waals surface area contributed by atoms with Gasteiger partial charge in [0.1, 0.15) is 6.61 Å². The Morgan fingerprint density at radius 2 is 1.76 bits per heavy atom. The van der Waals surface area contributed by atoms with E-state index in [1.54, 1.807) is 0 Å². The highest BCUT2D eigenvalue weighted by molar-refractivity contribution is 4.87. The lowest BCUT2D eigenvalue weighted by Crippen LogP contribution is -2.35. The van der Waals surface area contributed by atoms with E-state index in [9.17, 15) is 13.2 Å². The van der Waals surface area contributed by atoms with E-state index in [2.05, 4.69) is 19.2 Å². The second kappa shape index (κ2) is 8.99. The smallest absolute Gasteiger partial charge is 0.372 e. The Kier molecular flexibility index (Phi) is 8.03. The lowest BCUT2D eigenvalue weighted by atomic mass is 9.76. The molecule has 0 radical (unpaired) electrons. The third-order valence-corrected chi connectivity index (χ3v) is 4.42. The molecule has 0 heterocycles. The maximum Gasteiger partial charge on any atom is 0.411 e. The van der Waals surface area contributed by atoms with Crippen LogP contribution in [0.3, 0.4) is 0 Å². The third-order valence-electron chi connectivity index (χ3n) is 4.42. The molecule has 0 aromatic rings. The van der Waals surface area contributed by atoms with Crippen molar-refractivity contribution in [3.05, 3.63) is 0 Å². The number of unbranched alkanes of at least 4 members (excludes halogenated alkanes) is 1. The first kappa shape index (κ1) is 18.8. The Morgan fingerprint density at radius 3 is 2.29 bits per heavy atom. The fourth-order valence-corrected chi connectivity index (χ4v) is 2.72. The summed E-state index contributed by atoms with van der Waals surface area (Å²) >= 11 is 0. The number of hydrogen-bond donors (Lipinski definition) is 1. The Morgan fingerprint density at radius 1 is 1.10 bits per heavy atom. The van der Waals surface area contributed by atoms with Crippen molar-refractivity contribution in [1.82, 2.24) is 5.32 Å². The molecule has 1 aliphatic rings. The number of halogens is 3. The van der Waals surface area contributed by atoms with Gasteiger partial charge < -0.3 is 10.1 Å².